The number of hydrogen-bond acceptors (Lipinski definition) is 3. The Labute approximate surface area is 132 Å². The maximum absolute atomic E-state index is 11.0. The van der Waals surface area contributed by atoms with Crippen molar-refractivity contribution in [1.82, 2.24) is 4.98 Å². The molecule has 0 bridgehead atoms. The Bertz CT molecular complexity index is 681. The van der Waals surface area contributed by atoms with Crippen LogP contribution in [0.4, 0.5) is 5.82 Å². The van der Waals surface area contributed by atoms with Crippen molar-refractivity contribution in [1.29, 1.82) is 0 Å². The monoisotopic (exact) mass is 296 g/mol. The van der Waals surface area contributed by atoms with Gasteiger partial charge in [-0.2, -0.15) is 0 Å². The molecule has 1 aliphatic carbocycles. The van der Waals surface area contributed by atoms with E-state index in [1.165, 1.54) is 17.2 Å². The lowest BCUT2D eigenvalue weighted by Gasteiger charge is -2.40. The first-order valence-electron chi connectivity index (χ1n) is 8.52. The van der Waals surface area contributed by atoms with E-state index in [1.54, 1.807) is 0 Å². The van der Waals surface area contributed by atoms with Crippen LogP contribution in [0.15, 0.2) is 36.5 Å². The third kappa shape index (κ3) is 2.11. The minimum Gasteiger partial charge on any atom is -0.390 e. The topological polar surface area (TPSA) is 36.4 Å². The molecule has 2 heterocycles. The number of aliphatic hydroxyl groups is 1. The summed E-state index contributed by atoms with van der Waals surface area (Å²) < 4.78 is 0. The van der Waals surface area contributed by atoms with Crippen molar-refractivity contribution in [3.63, 3.8) is 0 Å². The van der Waals surface area contributed by atoms with Crippen LogP contribution in [0.3, 0.4) is 0 Å². The number of nitrogens with zero attached hydrogens (tertiary/aromatic N) is 2. The van der Waals surface area contributed by atoms with E-state index in [-0.39, 0.29) is 0 Å². The highest BCUT2D eigenvalue weighted by atomic mass is 16.3. The lowest BCUT2D eigenvalue weighted by molar-refractivity contribution is -0.0597. The highest BCUT2D eigenvalue weighted by Crippen LogP contribution is 2.45. The number of anilines is 1. The van der Waals surface area contributed by atoms with E-state index in [1.807, 2.05) is 6.20 Å². The molecule has 2 aliphatic rings. The lowest BCUT2D eigenvalue weighted by Crippen LogP contribution is -2.44. The standard InChI is InChI=1S/C19H24N2O/c1-2-19(22)10-5-7-15-12-21(13-17(15)19)18-16-8-4-3-6-14(16)9-11-20-18/h3-4,6,8-9,11,15,17,22H,2,5,7,10,12-13H2,1H3/t15-,17+,19-/m1/s1. The predicted molar refractivity (Wildman–Crippen MR) is 90.0 cm³/mol. The number of fused-ring (bicyclic) bond motifs is 2. The van der Waals surface area contributed by atoms with Crippen LogP contribution in [0.1, 0.15) is 32.6 Å². The van der Waals surface area contributed by atoms with Gasteiger partial charge >= 0.3 is 0 Å². The summed E-state index contributed by atoms with van der Waals surface area (Å²) in [4.78, 5) is 7.07. The zero-order valence-corrected chi connectivity index (χ0v) is 13.2. The Balaban J connectivity index is 1.70. The first kappa shape index (κ1) is 14.0. The van der Waals surface area contributed by atoms with Crippen LogP contribution in [-0.4, -0.2) is 28.8 Å². The summed E-state index contributed by atoms with van der Waals surface area (Å²) in [5, 5.41) is 13.5. The summed E-state index contributed by atoms with van der Waals surface area (Å²) in [7, 11) is 0. The van der Waals surface area contributed by atoms with E-state index in [0.717, 1.165) is 38.2 Å². The third-order valence-electron chi connectivity index (χ3n) is 5.88. The van der Waals surface area contributed by atoms with Gasteiger partial charge in [-0.3, -0.25) is 0 Å². The molecule has 2 fully saturated rings. The van der Waals surface area contributed by atoms with Gasteiger partial charge in [-0.05, 0) is 36.6 Å². The van der Waals surface area contributed by atoms with Crippen molar-refractivity contribution < 1.29 is 5.11 Å². The van der Waals surface area contributed by atoms with Crippen LogP contribution < -0.4 is 4.90 Å². The quantitative estimate of drug-likeness (QED) is 0.919. The Hall–Kier alpha value is -1.61. The molecule has 0 amide bonds. The number of benzene rings is 1. The number of aromatic nitrogens is 1. The molecule has 116 valence electrons. The molecule has 0 unspecified atom stereocenters. The molecule has 2 aromatic rings. The summed E-state index contributed by atoms with van der Waals surface area (Å²) in [6, 6.07) is 10.5. The summed E-state index contributed by atoms with van der Waals surface area (Å²) in [5.41, 5.74) is -0.470. The number of hydrogen-bond donors (Lipinski definition) is 1. The van der Waals surface area contributed by atoms with E-state index in [2.05, 4.69) is 47.1 Å². The number of pyridine rings is 1. The molecule has 0 radical (unpaired) electrons. The molecule has 1 aliphatic heterocycles. The van der Waals surface area contributed by atoms with Crippen LogP contribution in [0.25, 0.3) is 10.8 Å². The average molecular weight is 296 g/mol. The normalized spacial score (nSPS) is 31.5. The van der Waals surface area contributed by atoms with Crippen molar-refractivity contribution in [3.05, 3.63) is 36.5 Å². The molecule has 1 aromatic carbocycles. The minimum absolute atomic E-state index is 0.395. The summed E-state index contributed by atoms with van der Waals surface area (Å²) in [6.45, 7) is 4.10. The van der Waals surface area contributed by atoms with E-state index in [0.29, 0.717) is 11.8 Å². The van der Waals surface area contributed by atoms with Gasteiger partial charge < -0.3 is 10.0 Å². The fourth-order valence-corrected chi connectivity index (χ4v) is 4.60. The second kappa shape index (κ2) is 5.24. The lowest BCUT2D eigenvalue weighted by atomic mass is 9.69. The Kier molecular flexibility index (Phi) is 3.33. The van der Waals surface area contributed by atoms with Gasteiger partial charge in [0.2, 0.25) is 0 Å². The van der Waals surface area contributed by atoms with Crippen LogP contribution in [0, 0.1) is 11.8 Å². The van der Waals surface area contributed by atoms with Crippen LogP contribution >= 0.6 is 0 Å². The average Bonchev–Trinajstić information content (AvgIpc) is 3.00. The largest absolute Gasteiger partial charge is 0.390 e. The first-order valence-corrected chi connectivity index (χ1v) is 8.52. The predicted octanol–water partition coefficient (Wildman–Crippen LogP) is 3.61. The molecular formula is C19H24N2O. The molecule has 4 rings (SSSR count). The van der Waals surface area contributed by atoms with Gasteiger partial charge in [-0.1, -0.05) is 37.6 Å². The highest BCUT2D eigenvalue weighted by molar-refractivity contribution is 5.92. The molecule has 22 heavy (non-hydrogen) atoms. The maximum Gasteiger partial charge on any atom is 0.136 e. The van der Waals surface area contributed by atoms with Crippen LogP contribution in [-0.2, 0) is 0 Å². The van der Waals surface area contributed by atoms with E-state index in [9.17, 15) is 5.11 Å². The van der Waals surface area contributed by atoms with Gasteiger partial charge in [0.15, 0.2) is 0 Å². The Morgan fingerprint density at radius 3 is 3.00 bits per heavy atom. The Morgan fingerprint density at radius 2 is 2.14 bits per heavy atom. The summed E-state index contributed by atoms with van der Waals surface area (Å²) in [5.74, 6) is 2.09. The van der Waals surface area contributed by atoms with Crippen molar-refractivity contribution in [2.45, 2.75) is 38.2 Å². The molecule has 0 spiro atoms. The van der Waals surface area contributed by atoms with Crippen molar-refractivity contribution in [3.8, 4) is 0 Å². The molecule has 3 nitrogen and oxygen atoms in total. The molecular weight excluding hydrogens is 272 g/mol. The van der Waals surface area contributed by atoms with Gasteiger partial charge in [0.25, 0.3) is 0 Å². The van der Waals surface area contributed by atoms with Crippen LogP contribution in [0.2, 0.25) is 0 Å². The van der Waals surface area contributed by atoms with Crippen molar-refractivity contribution in [2.24, 2.45) is 11.8 Å². The van der Waals surface area contributed by atoms with E-state index < -0.39 is 5.60 Å². The fourth-order valence-electron chi connectivity index (χ4n) is 4.60. The van der Waals surface area contributed by atoms with Crippen molar-refractivity contribution >= 4 is 16.6 Å². The molecule has 1 saturated heterocycles. The van der Waals surface area contributed by atoms with Gasteiger partial charge in [0.05, 0.1) is 5.60 Å². The van der Waals surface area contributed by atoms with Gasteiger partial charge in [0.1, 0.15) is 5.82 Å². The third-order valence-corrected chi connectivity index (χ3v) is 5.88. The zero-order valence-electron chi connectivity index (χ0n) is 13.2. The molecule has 1 N–H and O–H groups in total. The second-order valence-electron chi connectivity index (χ2n) is 6.98. The maximum atomic E-state index is 11.0. The molecule has 1 aromatic heterocycles. The van der Waals surface area contributed by atoms with Gasteiger partial charge in [0, 0.05) is 30.6 Å². The summed E-state index contributed by atoms with van der Waals surface area (Å²) >= 11 is 0. The number of rotatable bonds is 2. The molecule has 3 heteroatoms. The van der Waals surface area contributed by atoms with E-state index >= 15 is 0 Å². The summed E-state index contributed by atoms with van der Waals surface area (Å²) in [6.07, 6.45) is 6.13. The smallest absolute Gasteiger partial charge is 0.136 e. The van der Waals surface area contributed by atoms with Crippen LogP contribution in [0.5, 0.6) is 0 Å². The zero-order chi connectivity index (χ0) is 15.2. The van der Waals surface area contributed by atoms with Gasteiger partial charge in [-0.25, -0.2) is 4.98 Å². The van der Waals surface area contributed by atoms with Gasteiger partial charge in [-0.15, -0.1) is 0 Å². The fraction of sp³-hybridized carbons (Fsp3) is 0.526. The molecule has 3 atom stereocenters. The van der Waals surface area contributed by atoms with Crippen molar-refractivity contribution in [2.75, 3.05) is 18.0 Å². The Morgan fingerprint density at radius 1 is 1.27 bits per heavy atom. The second-order valence-corrected chi connectivity index (χ2v) is 6.98. The SMILES string of the molecule is CC[C@@]1(O)CCC[C@@H]2CN(c3nccc4ccccc34)C[C@@H]21. The first-order chi connectivity index (χ1) is 10.7. The highest BCUT2D eigenvalue weighted by Gasteiger charge is 2.48. The molecule has 1 saturated carbocycles. The van der Waals surface area contributed by atoms with E-state index in [4.69, 9.17) is 0 Å². The minimum atomic E-state index is -0.470.